The minimum Gasteiger partial charge on any atom is -0.322 e. The second-order valence-corrected chi connectivity index (χ2v) is 7.06. The smallest absolute Gasteiger partial charge is 0.147 e. The Balaban J connectivity index is 2.73. The molecule has 0 saturated heterocycles. The zero-order valence-corrected chi connectivity index (χ0v) is 10.8. The van der Waals surface area contributed by atoms with Crippen LogP contribution in [0.5, 0.6) is 0 Å². The highest BCUT2D eigenvalue weighted by Crippen LogP contribution is 2.17. The Bertz CT molecular complexity index is 441. The molecule has 0 fully saturated rings. The summed E-state index contributed by atoms with van der Waals surface area (Å²) in [4.78, 5) is 0. The lowest BCUT2D eigenvalue weighted by atomic mass is 9.94. The van der Waals surface area contributed by atoms with E-state index >= 15 is 0 Å². The van der Waals surface area contributed by atoms with Crippen LogP contribution in [0.1, 0.15) is 25.0 Å². The van der Waals surface area contributed by atoms with Gasteiger partial charge in [0.25, 0.3) is 0 Å². The van der Waals surface area contributed by atoms with Crippen molar-refractivity contribution in [2.24, 2.45) is 5.73 Å². The van der Waals surface area contributed by atoms with Crippen molar-refractivity contribution in [1.29, 1.82) is 0 Å². The fourth-order valence-corrected chi connectivity index (χ4v) is 2.01. The van der Waals surface area contributed by atoms with E-state index in [9.17, 15) is 8.42 Å². The number of hydrogen-bond acceptors (Lipinski definition) is 3. The van der Waals surface area contributed by atoms with Gasteiger partial charge in [-0.15, -0.1) is 0 Å². The zero-order chi connectivity index (χ0) is 12.4. The molecule has 1 rings (SSSR count). The van der Waals surface area contributed by atoms with Crippen molar-refractivity contribution in [2.45, 2.75) is 25.8 Å². The largest absolute Gasteiger partial charge is 0.322 e. The average molecular weight is 241 g/mol. The molecular formula is C12H19NO2S. The third kappa shape index (κ3) is 4.33. The van der Waals surface area contributed by atoms with Crippen molar-refractivity contribution in [2.75, 3.05) is 12.0 Å². The highest BCUT2D eigenvalue weighted by atomic mass is 32.2. The first kappa shape index (κ1) is 13.2. The monoisotopic (exact) mass is 241 g/mol. The van der Waals surface area contributed by atoms with Gasteiger partial charge in [0.05, 0.1) is 5.75 Å². The fraction of sp³-hybridized carbons (Fsp3) is 0.500. The highest BCUT2D eigenvalue weighted by molar-refractivity contribution is 7.90. The summed E-state index contributed by atoms with van der Waals surface area (Å²) in [5, 5.41) is 0. The molecule has 4 heteroatoms. The van der Waals surface area contributed by atoms with E-state index in [0.29, 0.717) is 6.42 Å². The Morgan fingerprint density at radius 2 is 1.69 bits per heavy atom. The maximum Gasteiger partial charge on any atom is 0.147 e. The van der Waals surface area contributed by atoms with Crippen LogP contribution >= 0.6 is 0 Å². The molecule has 0 aliphatic carbocycles. The summed E-state index contributed by atoms with van der Waals surface area (Å²) in [6.07, 6.45) is 1.81. The SMILES string of the molecule is CC(C)(N)c1ccc(CCS(C)(=O)=O)cc1. The van der Waals surface area contributed by atoms with Crippen molar-refractivity contribution in [3.05, 3.63) is 35.4 Å². The molecule has 0 unspecified atom stereocenters. The summed E-state index contributed by atoms with van der Waals surface area (Å²) in [5.74, 6) is 0.193. The molecule has 0 heterocycles. The summed E-state index contributed by atoms with van der Waals surface area (Å²) >= 11 is 0. The van der Waals surface area contributed by atoms with Crippen LogP contribution in [0.4, 0.5) is 0 Å². The van der Waals surface area contributed by atoms with E-state index in [4.69, 9.17) is 5.73 Å². The Morgan fingerprint density at radius 1 is 1.19 bits per heavy atom. The molecular weight excluding hydrogens is 222 g/mol. The van der Waals surface area contributed by atoms with E-state index in [1.165, 1.54) is 6.26 Å². The second kappa shape index (κ2) is 4.55. The van der Waals surface area contributed by atoms with Crippen LogP contribution in [-0.4, -0.2) is 20.4 Å². The van der Waals surface area contributed by atoms with Gasteiger partial charge in [0.1, 0.15) is 9.84 Å². The van der Waals surface area contributed by atoms with Crippen molar-refractivity contribution < 1.29 is 8.42 Å². The van der Waals surface area contributed by atoms with E-state index in [2.05, 4.69) is 0 Å². The lowest BCUT2D eigenvalue weighted by molar-refractivity contribution is 0.554. The molecule has 0 radical (unpaired) electrons. The van der Waals surface area contributed by atoms with Gasteiger partial charge in [0.15, 0.2) is 0 Å². The Kier molecular flexibility index (Phi) is 3.76. The van der Waals surface area contributed by atoms with E-state index < -0.39 is 9.84 Å². The average Bonchev–Trinajstić information content (AvgIpc) is 2.13. The van der Waals surface area contributed by atoms with Crippen molar-refractivity contribution in [3.8, 4) is 0 Å². The first-order chi connectivity index (χ1) is 7.18. The van der Waals surface area contributed by atoms with Crippen LogP contribution in [0.2, 0.25) is 0 Å². The topological polar surface area (TPSA) is 60.2 Å². The maximum atomic E-state index is 11.0. The first-order valence-corrected chi connectivity index (χ1v) is 7.30. The van der Waals surface area contributed by atoms with Crippen LogP contribution < -0.4 is 5.73 Å². The predicted octanol–water partition coefficient (Wildman–Crippen LogP) is 1.47. The Labute approximate surface area is 97.6 Å². The molecule has 0 saturated carbocycles. The lowest BCUT2D eigenvalue weighted by Crippen LogP contribution is -2.28. The zero-order valence-electron chi connectivity index (χ0n) is 10.0. The highest BCUT2D eigenvalue weighted by Gasteiger charge is 2.13. The van der Waals surface area contributed by atoms with Crippen LogP contribution in [0, 0.1) is 0 Å². The number of nitrogens with two attached hydrogens (primary N) is 1. The van der Waals surface area contributed by atoms with E-state index in [-0.39, 0.29) is 11.3 Å². The maximum absolute atomic E-state index is 11.0. The first-order valence-electron chi connectivity index (χ1n) is 5.24. The normalized spacial score (nSPS) is 12.8. The molecule has 2 N–H and O–H groups in total. The fourth-order valence-electron chi connectivity index (χ4n) is 1.40. The summed E-state index contributed by atoms with van der Waals surface area (Å²) in [5.41, 5.74) is 7.68. The minimum atomic E-state index is -2.89. The van der Waals surface area contributed by atoms with Gasteiger partial charge in [-0.1, -0.05) is 24.3 Å². The van der Waals surface area contributed by atoms with Gasteiger partial charge < -0.3 is 5.73 Å². The molecule has 0 aliphatic rings. The molecule has 0 aliphatic heterocycles. The molecule has 16 heavy (non-hydrogen) atoms. The van der Waals surface area contributed by atoms with Crippen LogP contribution in [0.3, 0.4) is 0 Å². The molecule has 3 nitrogen and oxygen atoms in total. The van der Waals surface area contributed by atoms with Gasteiger partial charge in [-0.3, -0.25) is 0 Å². The second-order valence-electron chi connectivity index (χ2n) is 4.80. The molecule has 1 aromatic rings. The lowest BCUT2D eigenvalue weighted by Gasteiger charge is -2.19. The van der Waals surface area contributed by atoms with E-state index in [1.807, 2.05) is 38.1 Å². The summed E-state index contributed by atoms with van der Waals surface area (Å²) in [6.45, 7) is 3.89. The molecule has 1 aromatic carbocycles. The quantitative estimate of drug-likeness (QED) is 0.868. The molecule has 0 atom stereocenters. The predicted molar refractivity (Wildman–Crippen MR) is 67.1 cm³/mol. The van der Waals surface area contributed by atoms with Crippen LogP contribution in [-0.2, 0) is 21.8 Å². The van der Waals surface area contributed by atoms with Gasteiger partial charge in [0, 0.05) is 11.8 Å². The number of benzene rings is 1. The third-order valence-corrected chi connectivity index (χ3v) is 3.41. The standard InChI is InChI=1S/C12H19NO2S/c1-12(2,13)11-6-4-10(5-7-11)8-9-16(3,14)15/h4-7H,8-9,13H2,1-3H3. The summed E-state index contributed by atoms with van der Waals surface area (Å²) in [6, 6.07) is 7.79. The van der Waals surface area contributed by atoms with Crippen LogP contribution in [0.15, 0.2) is 24.3 Å². The number of aryl methyl sites for hydroxylation is 1. The number of sulfone groups is 1. The molecule has 0 bridgehead atoms. The molecule has 0 amide bonds. The van der Waals surface area contributed by atoms with E-state index in [0.717, 1.165) is 11.1 Å². The Morgan fingerprint density at radius 3 is 2.06 bits per heavy atom. The van der Waals surface area contributed by atoms with Crippen LogP contribution in [0.25, 0.3) is 0 Å². The molecule has 0 spiro atoms. The van der Waals surface area contributed by atoms with Gasteiger partial charge in [-0.2, -0.15) is 0 Å². The molecule has 0 aromatic heterocycles. The van der Waals surface area contributed by atoms with Gasteiger partial charge in [-0.05, 0) is 31.4 Å². The van der Waals surface area contributed by atoms with Gasteiger partial charge in [0.2, 0.25) is 0 Å². The summed E-state index contributed by atoms with van der Waals surface area (Å²) < 4.78 is 22.0. The van der Waals surface area contributed by atoms with E-state index in [1.54, 1.807) is 0 Å². The Hall–Kier alpha value is -0.870. The van der Waals surface area contributed by atoms with Gasteiger partial charge in [-0.25, -0.2) is 8.42 Å². The van der Waals surface area contributed by atoms with Crippen molar-refractivity contribution in [3.63, 3.8) is 0 Å². The van der Waals surface area contributed by atoms with Crippen molar-refractivity contribution in [1.82, 2.24) is 0 Å². The third-order valence-electron chi connectivity index (χ3n) is 2.46. The number of rotatable bonds is 4. The summed E-state index contributed by atoms with van der Waals surface area (Å²) in [7, 11) is -2.89. The minimum absolute atomic E-state index is 0.193. The van der Waals surface area contributed by atoms with Crippen molar-refractivity contribution >= 4 is 9.84 Å². The molecule has 90 valence electrons. The van der Waals surface area contributed by atoms with Gasteiger partial charge >= 0.3 is 0 Å². The number of hydrogen-bond donors (Lipinski definition) is 1.